The standard InChI is InChI=1S/C12H13BrClN3/c1-8(15)4-9-2-3-12(11(13)5-9)17-7-10(14)6-16-17/h2-3,5-8H,4,15H2,1H3. The molecule has 0 saturated carbocycles. The van der Waals surface area contributed by atoms with Crippen molar-refractivity contribution in [2.24, 2.45) is 5.73 Å². The first-order valence-corrected chi connectivity index (χ1v) is 6.48. The fourth-order valence-electron chi connectivity index (χ4n) is 1.67. The molecule has 2 aromatic rings. The van der Waals surface area contributed by atoms with Crippen LogP contribution in [0, 0.1) is 0 Å². The van der Waals surface area contributed by atoms with Gasteiger partial charge in [0.05, 0.1) is 16.9 Å². The zero-order chi connectivity index (χ0) is 12.4. The summed E-state index contributed by atoms with van der Waals surface area (Å²) < 4.78 is 2.72. The highest BCUT2D eigenvalue weighted by Crippen LogP contribution is 2.23. The van der Waals surface area contributed by atoms with E-state index in [0.717, 1.165) is 16.6 Å². The summed E-state index contributed by atoms with van der Waals surface area (Å²) in [6.45, 7) is 2.00. The van der Waals surface area contributed by atoms with E-state index < -0.39 is 0 Å². The van der Waals surface area contributed by atoms with Gasteiger partial charge < -0.3 is 5.73 Å². The van der Waals surface area contributed by atoms with Gasteiger partial charge in [-0.2, -0.15) is 5.10 Å². The molecular weight excluding hydrogens is 302 g/mol. The molecule has 3 nitrogen and oxygen atoms in total. The molecule has 0 spiro atoms. The molecule has 17 heavy (non-hydrogen) atoms. The highest BCUT2D eigenvalue weighted by Gasteiger charge is 2.06. The van der Waals surface area contributed by atoms with Gasteiger partial charge in [-0.25, -0.2) is 4.68 Å². The predicted molar refractivity (Wildman–Crippen MR) is 73.6 cm³/mol. The van der Waals surface area contributed by atoms with E-state index in [-0.39, 0.29) is 6.04 Å². The monoisotopic (exact) mass is 313 g/mol. The number of nitrogens with zero attached hydrogens (tertiary/aromatic N) is 2. The molecule has 1 aromatic carbocycles. The van der Waals surface area contributed by atoms with Crippen LogP contribution in [0.1, 0.15) is 12.5 Å². The first kappa shape index (κ1) is 12.6. The van der Waals surface area contributed by atoms with Crippen LogP contribution in [0.5, 0.6) is 0 Å². The first-order valence-electron chi connectivity index (χ1n) is 5.31. The third kappa shape index (κ3) is 3.09. The van der Waals surface area contributed by atoms with E-state index in [4.69, 9.17) is 17.3 Å². The molecule has 1 heterocycles. The van der Waals surface area contributed by atoms with Crippen molar-refractivity contribution in [1.29, 1.82) is 0 Å². The lowest BCUT2D eigenvalue weighted by molar-refractivity contribution is 0.737. The van der Waals surface area contributed by atoms with E-state index in [1.807, 2.05) is 13.0 Å². The number of halogens is 2. The molecule has 0 bridgehead atoms. The number of rotatable bonds is 3. The second-order valence-corrected chi connectivity index (χ2v) is 5.36. The second kappa shape index (κ2) is 5.21. The number of hydrogen-bond acceptors (Lipinski definition) is 2. The number of hydrogen-bond donors (Lipinski definition) is 1. The van der Waals surface area contributed by atoms with Crippen LogP contribution >= 0.6 is 27.5 Å². The highest BCUT2D eigenvalue weighted by atomic mass is 79.9. The fourth-order valence-corrected chi connectivity index (χ4v) is 2.41. The van der Waals surface area contributed by atoms with E-state index in [9.17, 15) is 0 Å². The Morgan fingerprint density at radius 1 is 1.53 bits per heavy atom. The Labute approximate surface area is 114 Å². The molecule has 1 aromatic heterocycles. The second-order valence-electron chi connectivity index (χ2n) is 4.07. The molecule has 1 unspecified atom stereocenters. The maximum absolute atomic E-state index is 5.85. The Bertz CT molecular complexity index is 522. The van der Waals surface area contributed by atoms with Crippen molar-refractivity contribution in [2.45, 2.75) is 19.4 Å². The van der Waals surface area contributed by atoms with Crippen LogP contribution in [0.15, 0.2) is 35.1 Å². The average Bonchev–Trinajstić information content (AvgIpc) is 2.64. The van der Waals surface area contributed by atoms with Crippen molar-refractivity contribution in [1.82, 2.24) is 9.78 Å². The van der Waals surface area contributed by atoms with Gasteiger partial charge in [0.25, 0.3) is 0 Å². The third-order valence-corrected chi connectivity index (χ3v) is 3.20. The molecule has 0 radical (unpaired) electrons. The van der Waals surface area contributed by atoms with Gasteiger partial charge in [-0.15, -0.1) is 0 Å². The van der Waals surface area contributed by atoms with E-state index >= 15 is 0 Å². The normalized spacial score (nSPS) is 12.7. The zero-order valence-corrected chi connectivity index (χ0v) is 11.7. The Hall–Kier alpha value is -0.840. The Kier molecular flexibility index (Phi) is 3.86. The highest BCUT2D eigenvalue weighted by molar-refractivity contribution is 9.10. The largest absolute Gasteiger partial charge is 0.328 e. The molecule has 0 aliphatic heterocycles. The molecule has 0 aliphatic carbocycles. The minimum atomic E-state index is 0.159. The topological polar surface area (TPSA) is 43.8 Å². The van der Waals surface area contributed by atoms with Gasteiger partial charge in [0, 0.05) is 16.7 Å². The summed E-state index contributed by atoms with van der Waals surface area (Å²) in [5.41, 5.74) is 7.94. The lowest BCUT2D eigenvalue weighted by Gasteiger charge is -2.09. The molecule has 0 aliphatic rings. The number of benzene rings is 1. The average molecular weight is 315 g/mol. The van der Waals surface area contributed by atoms with Crippen LogP contribution in [0.4, 0.5) is 0 Å². The van der Waals surface area contributed by atoms with Gasteiger partial charge >= 0.3 is 0 Å². The zero-order valence-electron chi connectivity index (χ0n) is 9.40. The summed E-state index contributed by atoms with van der Waals surface area (Å²) in [5, 5.41) is 4.79. The summed E-state index contributed by atoms with van der Waals surface area (Å²) in [6.07, 6.45) is 4.25. The van der Waals surface area contributed by atoms with Gasteiger partial charge in [-0.05, 0) is 47.0 Å². The fraction of sp³-hybridized carbons (Fsp3) is 0.250. The molecule has 1 atom stereocenters. The van der Waals surface area contributed by atoms with Gasteiger partial charge in [0.2, 0.25) is 0 Å². The Morgan fingerprint density at radius 3 is 2.82 bits per heavy atom. The maximum atomic E-state index is 5.85. The first-order chi connectivity index (χ1) is 8.06. The molecule has 0 fully saturated rings. The predicted octanol–water partition coefficient (Wildman–Crippen LogP) is 3.18. The summed E-state index contributed by atoms with van der Waals surface area (Å²) in [5.74, 6) is 0. The van der Waals surface area contributed by atoms with Crippen molar-refractivity contribution in [3.8, 4) is 5.69 Å². The van der Waals surface area contributed by atoms with Crippen molar-refractivity contribution in [2.75, 3.05) is 0 Å². The molecule has 90 valence electrons. The SMILES string of the molecule is CC(N)Cc1ccc(-n2cc(Cl)cn2)c(Br)c1. The van der Waals surface area contributed by atoms with E-state index in [1.165, 1.54) is 5.56 Å². The number of aromatic nitrogens is 2. The maximum Gasteiger partial charge on any atom is 0.0790 e. The third-order valence-electron chi connectivity index (χ3n) is 2.37. The van der Waals surface area contributed by atoms with Crippen LogP contribution < -0.4 is 5.73 Å². The van der Waals surface area contributed by atoms with Crippen molar-refractivity contribution in [3.05, 3.63) is 45.7 Å². The summed E-state index contributed by atoms with van der Waals surface area (Å²) >= 11 is 9.39. The van der Waals surface area contributed by atoms with E-state index in [1.54, 1.807) is 17.1 Å². The van der Waals surface area contributed by atoms with Crippen LogP contribution in [-0.4, -0.2) is 15.8 Å². The minimum absolute atomic E-state index is 0.159. The van der Waals surface area contributed by atoms with Crippen molar-refractivity contribution < 1.29 is 0 Å². The van der Waals surface area contributed by atoms with E-state index in [0.29, 0.717) is 5.02 Å². The van der Waals surface area contributed by atoms with Gasteiger partial charge in [0.15, 0.2) is 0 Å². The molecule has 5 heteroatoms. The number of nitrogens with two attached hydrogens (primary N) is 1. The molecule has 0 saturated heterocycles. The van der Waals surface area contributed by atoms with E-state index in [2.05, 4.69) is 33.2 Å². The summed E-state index contributed by atoms with van der Waals surface area (Å²) in [6, 6.07) is 6.28. The molecule has 0 amide bonds. The van der Waals surface area contributed by atoms with Crippen molar-refractivity contribution in [3.63, 3.8) is 0 Å². The molecule has 2 N–H and O–H groups in total. The van der Waals surface area contributed by atoms with Gasteiger partial charge in [-0.1, -0.05) is 17.7 Å². The quantitative estimate of drug-likeness (QED) is 0.945. The Morgan fingerprint density at radius 2 is 2.29 bits per heavy atom. The Balaban J connectivity index is 2.31. The van der Waals surface area contributed by atoms with Crippen LogP contribution in [0.2, 0.25) is 5.02 Å². The summed E-state index contributed by atoms with van der Waals surface area (Å²) in [4.78, 5) is 0. The summed E-state index contributed by atoms with van der Waals surface area (Å²) in [7, 11) is 0. The van der Waals surface area contributed by atoms with Gasteiger partial charge in [-0.3, -0.25) is 0 Å². The molecule has 2 rings (SSSR count). The van der Waals surface area contributed by atoms with Crippen LogP contribution in [0.3, 0.4) is 0 Å². The van der Waals surface area contributed by atoms with Crippen LogP contribution in [-0.2, 0) is 6.42 Å². The minimum Gasteiger partial charge on any atom is -0.328 e. The van der Waals surface area contributed by atoms with Crippen LogP contribution in [0.25, 0.3) is 5.69 Å². The lowest BCUT2D eigenvalue weighted by atomic mass is 10.1. The van der Waals surface area contributed by atoms with Crippen molar-refractivity contribution >= 4 is 27.5 Å². The van der Waals surface area contributed by atoms with Gasteiger partial charge in [0.1, 0.15) is 0 Å². The smallest absolute Gasteiger partial charge is 0.0790 e. The lowest BCUT2D eigenvalue weighted by Crippen LogP contribution is -2.17. The molecular formula is C12H13BrClN3.